The molecule has 0 saturated carbocycles. The predicted molar refractivity (Wildman–Crippen MR) is 107 cm³/mol. The topological polar surface area (TPSA) is 84.3 Å². The highest BCUT2D eigenvalue weighted by atomic mass is 32.2. The summed E-state index contributed by atoms with van der Waals surface area (Å²) in [5, 5.41) is 2.91. The van der Waals surface area contributed by atoms with Gasteiger partial charge >= 0.3 is 0 Å². The summed E-state index contributed by atoms with van der Waals surface area (Å²) in [6.07, 6.45) is 5.28. The van der Waals surface area contributed by atoms with Crippen molar-refractivity contribution in [3.63, 3.8) is 0 Å². The number of hydrogen-bond donors (Lipinski definition) is 1. The smallest absolute Gasteiger partial charge is 0.251 e. The van der Waals surface area contributed by atoms with Crippen LogP contribution in [0.4, 0.5) is 0 Å². The molecule has 2 aromatic carbocycles. The highest BCUT2D eigenvalue weighted by Crippen LogP contribution is 2.18. The standard InChI is InChI=1S/C20H22N4O3S/c1-15(16-7-9-18(10-8-16)24-12-11-21-14-24)22-20(25)17-5-4-6-19(13-17)28(26,27)23(2)3/h4-15H,1-3H3,(H,22,25)/t15-/m0/s1. The van der Waals surface area contributed by atoms with Crippen molar-refractivity contribution in [3.05, 3.63) is 78.4 Å². The van der Waals surface area contributed by atoms with Crippen LogP contribution in [0.15, 0.2) is 72.1 Å². The van der Waals surface area contributed by atoms with E-state index in [0.29, 0.717) is 5.56 Å². The second-order valence-corrected chi connectivity index (χ2v) is 8.72. The van der Waals surface area contributed by atoms with Crippen LogP contribution >= 0.6 is 0 Å². The first-order valence-electron chi connectivity index (χ1n) is 8.71. The van der Waals surface area contributed by atoms with Gasteiger partial charge in [-0.1, -0.05) is 18.2 Å². The number of rotatable bonds is 6. The molecule has 7 nitrogen and oxygen atoms in total. The molecule has 0 radical (unpaired) electrons. The van der Waals surface area contributed by atoms with Crippen LogP contribution in [-0.4, -0.2) is 42.3 Å². The number of imidazole rings is 1. The maximum Gasteiger partial charge on any atom is 0.251 e. The lowest BCUT2D eigenvalue weighted by molar-refractivity contribution is 0.0939. The summed E-state index contributed by atoms with van der Waals surface area (Å²) in [5.41, 5.74) is 2.21. The molecule has 1 aromatic heterocycles. The minimum Gasteiger partial charge on any atom is -0.346 e. The number of sulfonamides is 1. The van der Waals surface area contributed by atoms with Crippen molar-refractivity contribution >= 4 is 15.9 Å². The monoisotopic (exact) mass is 398 g/mol. The Hall–Kier alpha value is -2.97. The van der Waals surface area contributed by atoms with Gasteiger partial charge < -0.3 is 9.88 Å². The quantitative estimate of drug-likeness (QED) is 0.692. The first-order chi connectivity index (χ1) is 13.3. The molecule has 28 heavy (non-hydrogen) atoms. The lowest BCUT2D eigenvalue weighted by Crippen LogP contribution is -2.27. The van der Waals surface area contributed by atoms with Crippen LogP contribution in [0.2, 0.25) is 0 Å². The second-order valence-electron chi connectivity index (χ2n) is 6.57. The Morgan fingerprint density at radius 3 is 2.46 bits per heavy atom. The second kappa shape index (κ2) is 7.95. The highest BCUT2D eigenvalue weighted by molar-refractivity contribution is 7.89. The molecule has 0 bridgehead atoms. The van der Waals surface area contributed by atoms with Crippen LogP contribution in [0.5, 0.6) is 0 Å². The van der Waals surface area contributed by atoms with Gasteiger partial charge in [0.25, 0.3) is 5.91 Å². The lowest BCUT2D eigenvalue weighted by atomic mass is 10.1. The van der Waals surface area contributed by atoms with Crippen LogP contribution in [0.1, 0.15) is 28.9 Å². The lowest BCUT2D eigenvalue weighted by Gasteiger charge is -2.16. The molecule has 1 atom stereocenters. The van der Waals surface area contributed by atoms with Gasteiger partial charge in [0, 0.05) is 37.7 Å². The SMILES string of the molecule is C[C@H](NC(=O)c1cccc(S(=O)(=O)N(C)C)c1)c1ccc(-n2ccnc2)cc1. The maximum atomic E-state index is 12.6. The Labute approximate surface area is 164 Å². The third-order valence-electron chi connectivity index (χ3n) is 4.42. The summed E-state index contributed by atoms with van der Waals surface area (Å²) in [4.78, 5) is 16.7. The number of hydrogen-bond acceptors (Lipinski definition) is 4. The Morgan fingerprint density at radius 2 is 1.86 bits per heavy atom. The zero-order chi connectivity index (χ0) is 20.3. The van der Waals surface area contributed by atoms with E-state index >= 15 is 0 Å². The van der Waals surface area contributed by atoms with Crippen molar-refractivity contribution in [3.8, 4) is 5.69 Å². The molecule has 1 N–H and O–H groups in total. The van der Waals surface area contributed by atoms with Crippen molar-refractivity contribution in [2.45, 2.75) is 17.9 Å². The zero-order valence-corrected chi connectivity index (χ0v) is 16.7. The van der Waals surface area contributed by atoms with Gasteiger partial charge in [-0.05, 0) is 42.8 Å². The number of nitrogens with one attached hydrogen (secondary N) is 1. The average Bonchev–Trinajstić information content (AvgIpc) is 3.23. The average molecular weight is 398 g/mol. The largest absolute Gasteiger partial charge is 0.346 e. The van der Waals surface area contributed by atoms with E-state index in [0.717, 1.165) is 15.6 Å². The van der Waals surface area contributed by atoms with Crippen LogP contribution < -0.4 is 5.32 Å². The Balaban J connectivity index is 1.74. The molecule has 1 heterocycles. The molecule has 1 amide bonds. The van der Waals surface area contributed by atoms with Gasteiger partial charge in [0.05, 0.1) is 17.3 Å². The van der Waals surface area contributed by atoms with E-state index < -0.39 is 10.0 Å². The number of carbonyl (C=O) groups excluding carboxylic acids is 1. The minimum absolute atomic E-state index is 0.0856. The molecule has 0 spiro atoms. The van der Waals surface area contributed by atoms with Crippen LogP contribution in [0.3, 0.4) is 0 Å². The van der Waals surface area contributed by atoms with Crippen molar-refractivity contribution in [2.24, 2.45) is 0 Å². The molecule has 0 fully saturated rings. The first-order valence-corrected chi connectivity index (χ1v) is 10.1. The fourth-order valence-corrected chi connectivity index (χ4v) is 3.67. The van der Waals surface area contributed by atoms with Crippen LogP contribution in [0.25, 0.3) is 5.69 Å². The van der Waals surface area contributed by atoms with Gasteiger partial charge in [0.15, 0.2) is 0 Å². The number of carbonyl (C=O) groups is 1. The summed E-state index contributed by atoms with van der Waals surface area (Å²) in [7, 11) is -0.682. The minimum atomic E-state index is -3.59. The van der Waals surface area contributed by atoms with Crippen molar-refractivity contribution in [1.82, 2.24) is 19.2 Å². The Kier molecular flexibility index (Phi) is 5.62. The fourth-order valence-electron chi connectivity index (χ4n) is 2.72. The number of benzene rings is 2. The highest BCUT2D eigenvalue weighted by Gasteiger charge is 2.19. The van der Waals surface area contributed by atoms with Crippen molar-refractivity contribution < 1.29 is 13.2 Å². The fraction of sp³-hybridized carbons (Fsp3) is 0.200. The summed E-state index contributed by atoms with van der Waals surface area (Å²) in [6, 6.07) is 13.6. The summed E-state index contributed by atoms with van der Waals surface area (Å²) < 4.78 is 27.5. The predicted octanol–water partition coefficient (Wildman–Crippen LogP) is 2.61. The Bertz CT molecular complexity index is 1060. The molecule has 3 aromatic rings. The summed E-state index contributed by atoms with van der Waals surface area (Å²) in [6.45, 7) is 1.88. The molecule has 146 valence electrons. The number of nitrogens with zero attached hydrogens (tertiary/aromatic N) is 3. The molecule has 0 saturated heterocycles. The van der Waals surface area contributed by atoms with E-state index in [1.807, 2.05) is 42.0 Å². The van der Waals surface area contributed by atoms with Crippen LogP contribution in [0, 0.1) is 0 Å². The molecule has 8 heteroatoms. The van der Waals surface area contributed by atoms with Gasteiger partial charge in [-0.15, -0.1) is 0 Å². The van der Waals surface area contributed by atoms with E-state index in [9.17, 15) is 13.2 Å². The summed E-state index contributed by atoms with van der Waals surface area (Å²) in [5.74, 6) is -0.331. The molecule has 0 unspecified atom stereocenters. The maximum absolute atomic E-state index is 12.6. The molecule has 0 aliphatic rings. The third-order valence-corrected chi connectivity index (χ3v) is 6.23. The zero-order valence-electron chi connectivity index (χ0n) is 15.9. The van der Waals surface area contributed by atoms with Crippen molar-refractivity contribution in [2.75, 3.05) is 14.1 Å². The summed E-state index contributed by atoms with van der Waals surface area (Å²) >= 11 is 0. The first kappa shape index (κ1) is 19.8. The van der Waals surface area contributed by atoms with Gasteiger partial charge in [-0.2, -0.15) is 0 Å². The van der Waals surface area contributed by atoms with E-state index in [-0.39, 0.29) is 16.8 Å². The normalized spacial score (nSPS) is 12.7. The van der Waals surface area contributed by atoms with Gasteiger partial charge in [0.2, 0.25) is 10.0 Å². The molecular weight excluding hydrogens is 376 g/mol. The third kappa shape index (κ3) is 4.13. The van der Waals surface area contributed by atoms with Gasteiger partial charge in [-0.25, -0.2) is 17.7 Å². The molecule has 0 aliphatic heterocycles. The number of amides is 1. The van der Waals surface area contributed by atoms with E-state index in [4.69, 9.17) is 0 Å². The number of aromatic nitrogens is 2. The van der Waals surface area contributed by atoms with E-state index in [1.54, 1.807) is 24.7 Å². The molecule has 0 aliphatic carbocycles. The van der Waals surface area contributed by atoms with Crippen molar-refractivity contribution in [1.29, 1.82) is 0 Å². The molecule has 3 rings (SSSR count). The molecular formula is C20H22N4O3S. The van der Waals surface area contributed by atoms with Crippen LogP contribution in [-0.2, 0) is 10.0 Å². The Morgan fingerprint density at radius 1 is 1.14 bits per heavy atom. The van der Waals surface area contributed by atoms with E-state index in [2.05, 4.69) is 10.3 Å². The van der Waals surface area contributed by atoms with E-state index in [1.165, 1.54) is 26.2 Å². The van der Waals surface area contributed by atoms with Gasteiger partial charge in [0.1, 0.15) is 0 Å². The van der Waals surface area contributed by atoms with Gasteiger partial charge in [-0.3, -0.25) is 4.79 Å².